The van der Waals surface area contributed by atoms with Crippen molar-refractivity contribution < 1.29 is 8.42 Å². The molecular weight excluding hydrogens is 176 g/mol. The number of nitrogens with two attached hydrogens (primary N) is 2. The number of hydrogen-bond donors (Lipinski definition) is 2. The first kappa shape index (κ1) is 9.95. The van der Waals surface area contributed by atoms with Crippen LogP contribution in [-0.2, 0) is 9.84 Å². The van der Waals surface area contributed by atoms with E-state index in [-0.39, 0.29) is 5.25 Å². The summed E-state index contributed by atoms with van der Waals surface area (Å²) in [6.45, 7) is 0.374. The van der Waals surface area contributed by atoms with Crippen LogP contribution in [0.3, 0.4) is 0 Å². The average molecular weight is 192 g/mol. The highest BCUT2D eigenvalue weighted by molar-refractivity contribution is 7.91. The van der Waals surface area contributed by atoms with Crippen molar-refractivity contribution in [1.82, 2.24) is 0 Å². The number of rotatable bonds is 2. The van der Waals surface area contributed by atoms with Gasteiger partial charge in [0.05, 0.1) is 5.25 Å². The molecule has 1 rings (SSSR count). The number of sulfone groups is 1. The van der Waals surface area contributed by atoms with Crippen molar-refractivity contribution in [3.8, 4) is 0 Å². The smallest absolute Gasteiger partial charge is 0.150 e. The van der Waals surface area contributed by atoms with Gasteiger partial charge < -0.3 is 11.5 Å². The summed E-state index contributed by atoms with van der Waals surface area (Å²) in [5.41, 5.74) is 10.9. The van der Waals surface area contributed by atoms with E-state index in [1.165, 1.54) is 6.26 Å². The normalized spacial score (nSPS) is 37.1. The lowest BCUT2D eigenvalue weighted by Gasteiger charge is -2.20. The molecule has 5 heteroatoms. The summed E-state index contributed by atoms with van der Waals surface area (Å²) in [6, 6.07) is 0. The fourth-order valence-electron chi connectivity index (χ4n) is 1.66. The molecule has 0 aromatic rings. The molecule has 1 fully saturated rings. The van der Waals surface area contributed by atoms with Crippen LogP contribution in [0.4, 0.5) is 0 Å². The highest BCUT2D eigenvalue weighted by Gasteiger charge is 2.39. The molecule has 0 aliphatic heterocycles. The van der Waals surface area contributed by atoms with Crippen LogP contribution < -0.4 is 11.5 Å². The Morgan fingerprint density at radius 3 is 2.42 bits per heavy atom. The molecule has 0 radical (unpaired) electrons. The van der Waals surface area contributed by atoms with E-state index in [2.05, 4.69) is 0 Å². The highest BCUT2D eigenvalue weighted by atomic mass is 32.2. The largest absolute Gasteiger partial charge is 0.329 e. The van der Waals surface area contributed by atoms with E-state index in [1.807, 2.05) is 0 Å². The molecule has 72 valence electrons. The lowest BCUT2D eigenvalue weighted by Crippen LogP contribution is -2.45. The molecule has 1 aliphatic rings. The van der Waals surface area contributed by atoms with E-state index < -0.39 is 15.4 Å². The van der Waals surface area contributed by atoms with Crippen LogP contribution in [0.5, 0.6) is 0 Å². The zero-order valence-corrected chi connectivity index (χ0v) is 8.10. The predicted molar refractivity (Wildman–Crippen MR) is 48.5 cm³/mol. The van der Waals surface area contributed by atoms with Gasteiger partial charge in [0, 0.05) is 18.3 Å². The molecule has 0 aromatic heterocycles. The minimum absolute atomic E-state index is 0.272. The molecule has 4 nitrogen and oxygen atoms in total. The molecule has 4 N–H and O–H groups in total. The molecule has 12 heavy (non-hydrogen) atoms. The minimum atomic E-state index is -2.92. The lowest BCUT2D eigenvalue weighted by atomic mass is 10.0. The first-order valence-electron chi connectivity index (χ1n) is 4.05. The zero-order chi connectivity index (χ0) is 9.41. The second-order valence-corrected chi connectivity index (χ2v) is 6.09. The summed E-state index contributed by atoms with van der Waals surface area (Å²) in [6.07, 6.45) is 3.16. The van der Waals surface area contributed by atoms with E-state index in [0.717, 1.165) is 6.42 Å². The van der Waals surface area contributed by atoms with Crippen LogP contribution in [0.15, 0.2) is 0 Å². The van der Waals surface area contributed by atoms with Gasteiger partial charge in [-0.3, -0.25) is 0 Å². The van der Waals surface area contributed by atoms with Crippen molar-refractivity contribution in [3.63, 3.8) is 0 Å². The Kier molecular flexibility index (Phi) is 2.47. The highest BCUT2D eigenvalue weighted by Crippen LogP contribution is 2.30. The molecule has 0 amide bonds. The van der Waals surface area contributed by atoms with Gasteiger partial charge in [0.1, 0.15) is 9.84 Å². The quantitative estimate of drug-likeness (QED) is 0.602. The molecule has 0 aromatic carbocycles. The van der Waals surface area contributed by atoms with Crippen molar-refractivity contribution in [2.45, 2.75) is 30.1 Å². The topological polar surface area (TPSA) is 86.2 Å². The fourth-order valence-corrected chi connectivity index (χ4v) is 2.84. The van der Waals surface area contributed by atoms with Crippen molar-refractivity contribution in [3.05, 3.63) is 0 Å². The number of hydrogen-bond acceptors (Lipinski definition) is 4. The first-order valence-corrected chi connectivity index (χ1v) is 6.01. The van der Waals surface area contributed by atoms with E-state index in [4.69, 9.17) is 11.5 Å². The third-order valence-electron chi connectivity index (χ3n) is 2.61. The van der Waals surface area contributed by atoms with Gasteiger partial charge in [0.15, 0.2) is 0 Å². The molecule has 0 saturated heterocycles. The molecule has 0 bridgehead atoms. The van der Waals surface area contributed by atoms with Crippen LogP contribution in [0, 0.1) is 0 Å². The van der Waals surface area contributed by atoms with Gasteiger partial charge in [-0.25, -0.2) is 8.42 Å². The maximum absolute atomic E-state index is 11.1. The maximum atomic E-state index is 11.1. The molecule has 2 atom stereocenters. The minimum Gasteiger partial charge on any atom is -0.329 e. The Morgan fingerprint density at radius 1 is 1.58 bits per heavy atom. The van der Waals surface area contributed by atoms with E-state index in [1.54, 1.807) is 0 Å². The predicted octanol–water partition coefficient (Wildman–Crippen LogP) is -0.760. The van der Waals surface area contributed by atoms with Gasteiger partial charge in [-0.05, 0) is 19.3 Å². The molecule has 0 unspecified atom stereocenters. The van der Waals surface area contributed by atoms with Gasteiger partial charge in [-0.2, -0.15) is 0 Å². The van der Waals surface area contributed by atoms with Gasteiger partial charge in [-0.1, -0.05) is 0 Å². The molecule has 1 saturated carbocycles. The van der Waals surface area contributed by atoms with Gasteiger partial charge >= 0.3 is 0 Å². The summed E-state index contributed by atoms with van der Waals surface area (Å²) in [5, 5.41) is -0.272. The standard InChI is InChI=1S/C7H16N2O2S/c1-12(10,11)6-2-3-7(9,4-6)5-8/h6H,2-5,8-9H2,1H3/t6-,7+/m0/s1. The van der Waals surface area contributed by atoms with E-state index >= 15 is 0 Å². The summed E-state index contributed by atoms with van der Waals surface area (Å²) in [7, 11) is -2.92. The zero-order valence-electron chi connectivity index (χ0n) is 7.29. The summed E-state index contributed by atoms with van der Waals surface area (Å²) >= 11 is 0. The van der Waals surface area contributed by atoms with E-state index in [0.29, 0.717) is 19.4 Å². The van der Waals surface area contributed by atoms with Crippen molar-refractivity contribution in [2.24, 2.45) is 11.5 Å². The fraction of sp³-hybridized carbons (Fsp3) is 1.00. The Balaban J connectivity index is 2.70. The Morgan fingerprint density at radius 2 is 2.17 bits per heavy atom. The molecule has 0 heterocycles. The molecule has 0 spiro atoms. The van der Waals surface area contributed by atoms with Gasteiger partial charge in [0.2, 0.25) is 0 Å². The Bertz CT molecular complexity index is 263. The molecule has 1 aliphatic carbocycles. The third kappa shape index (κ3) is 1.97. The van der Waals surface area contributed by atoms with Crippen LogP contribution >= 0.6 is 0 Å². The summed E-state index contributed by atoms with van der Waals surface area (Å²) in [5.74, 6) is 0. The summed E-state index contributed by atoms with van der Waals surface area (Å²) < 4.78 is 22.3. The second-order valence-electron chi connectivity index (χ2n) is 3.76. The SMILES string of the molecule is CS(=O)(=O)[C@H]1CC[C@](N)(CN)C1. The first-order chi connectivity index (χ1) is 5.37. The average Bonchev–Trinajstić information content (AvgIpc) is 2.32. The maximum Gasteiger partial charge on any atom is 0.150 e. The molecular formula is C7H16N2O2S. The second kappa shape index (κ2) is 2.97. The van der Waals surface area contributed by atoms with Crippen LogP contribution in [0.25, 0.3) is 0 Å². The van der Waals surface area contributed by atoms with Gasteiger partial charge in [0.25, 0.3) is 0 Å². The third-order valence-corrected chi connectivity index (χ3v) is 4.22. The Labute approximate surface area is 73.2 Å². The van der Waals surface area contributed by atoms with Crippen LogP contribution in [0.1, 0.15) is 19.3 Å². The van der Waals surface area contributed by atoms with Crippen molar-refractivity contribution in [2.75, 3.05) is 12.8 Å². The van der Waals surface area contributed by atoms with Crippen LogP contribution in [-0.4, -0.2) is 32.0 Å². The van der Waals surface area contributed by atoms with E-state index in [9.17, 15) is 8.42 Å². The Hall–Kier alpha value is -0.130. The van der Waals surface area contributed by atoms with Gasteiger partial charge in [-0.15, -0.1) is 0 Å². The lowest BCUT2D eigenvalue weighted by molar-refractivity contribution is 0.450. The van der Waals surface area contributed by atoms with Crippen molar-refractivity contribution >= 4 is 9.84 Å². The summed E-state index contributed by atoms with van der Waals surface area (Å²) in [4.78, 5) is 0. The monoisotopic (exact) mass is 192 g/mol. The van der Waals surface area contributed by atoms with Crippen molar-refractivity contribution in [1.29, 1.82) is 0 Å². The van der Waals surface area contributed by atoms with Crippen LogP contribution in [0.2, 0.25) is 0 Å².